The van der Waals surface area contributed by atoms with Crippen LogP contribution in [0.25, 0.3) is 0 Å². The number of hydrogen-bond acceptors (Lipinski definition) is 3. The van der Waals surface area contributed by atoms with Gasteiger partial charge in [0, 0.05) is 13.5 Å². The zero-order valence-electron chi connectivity index (χ0n) is 11.2. The van der Waals surface area contributed by atoms with Crippen LogP contribution in [-0.4, -0.2) is 24.4 Å². The number of allylic oxidation sites excluding steroid dienone is 2. The highest BCUT2D eigenvalue weighted by Gasteiger charge is 2.12. The highest BCUT2D eigenvalue weighted by atomic mass is 16.5. The van der Waals surface area contributed by atoms with Crippen molar-refractivity contribution in [2.45, 2.75) is 19.6 Å². The van der Waals surface area contributed by atoms with E-state index < -0.39 is 5.97 Å². The number of methoxy groups -OCH3 is 1. The van der Waals surface area contributed by atoms with Crippen LogP contribution in [0.5, 0.6) is 0 Å². The molecule has 0 bridgehead atoms. The van der Waals surface area contributed by atoms with Gasteiger partial charge in [0.2, 0.25) is 0 Å². The van der Waals surface area contributed by atoms with E-state index in [9.17, 15) is 4.79 Å². The number of carboxylic acid groups (broad SMARTS) is 1. The van der Waals surface area contributed by atoms with Gasteiger partial charge in [-0.3, -0.25) is 0 Å². The molecule has 1 aromatic rings. The molecular formula is C15H19NO3. The van der Waals surface area contributed by atoms with Crippen LogP contribution in [0.2, 0.25) is 0 Å². The third kappa shape index (κ3) is 4.60. The number of benzene rings is 1. The molecule has 0 aliphatic heterocycles. The van der Waals surface area contributed by atoms with E-state index in [0.717, 1.165) is 5.57 Å². The Kier molecular flexibility index (Phi) is 5.82. The van der Waals surface area contributed by atoms with Gasteiger partial charge in [-0.05, 0) is 19.1 Å². The fourth-order valence-electron chi connectivity index (χ4n) is 1.56. The molecule has 0 heterocycles. The second kappa shape index (κ2) is 7.38. The molecule has 19 heavy (non-hydrogen) atoms. The standard InChI is InChI=1S/C15H19NO3/c1-4-11(2)9-10-14(19-3)16-13-8-6-5-7-12(13)15(17)18/h4-9,14,16H,1,10H2,2-3H3,(H,17,18)/b11-9-. The van der Waals surface area contributed by atoms with Crippen molar-refractivity contribution in [3.8, 4) is 0 Å². The number of rotatable bonds is 7. The highest BCUT2D eigenvalue weighted by molar-refractivity contribution is 5.94. The molecule has 0 amide bonds. The van der Waals surface area contributed by atoms with E-state index in [4.69, 9.17) is 9.84 Å². The summed E-state index contributed by atoms with van der Waals surface area (Å²) in [6.07, 6.45) is 4.09. The summed E-state index contributed by atoms with van der Waals surface area (Å²) in [6, 6.07) is 6.76. The van der Waals surface area contributed by atoms with Crippen molar-refractivity contribution < 1.29 is 14.6 Å². The Labute approximate surface area is 113 Å². The number of ether oxygens (including phenoxy) is 1. The summed E-state index contributed by atoms with van der Waals surface area (Å²) in [5.41, 5.74) is 1.83. The molecule has 1 unspecified atom stereocenters. The molecule has 2 N–H and O–H groups in total. The Morgan fingerprint density at radius 2 is 2.21 bits per heavy atom. The van der Waals surface area contributed by atoms with Crippen molar-refractivity contribution >= 4 is 11.7 Å². The first-order valence-corrected chi connectivity index (χ1v) is 5.99. The molecular weight excluding hydrogens is 242 g/mol. The summed E-state index contributed by atoms with van der Waals surface area (Å²) in [4.78, 5) is 11.1. The monoisotopic (exact) mass is 261 g/mol. The van der Waals surface area contributed by atoms with Crippen LogP contribution >= 0.6 is 0 Å². The van der Waals surface area contributed by atoms with Crippen LogP contribution in [0, 0.1) is 0 Å². The largest absolute Gasteiger partial charge is 0.478 e. The molecule has 0 saturated carbocycles. The minimum absolute atomic E-state index is 0.231. The van der Waals surface area contributed by atoms with Gasteiger partial charge < -0.3 is 15.2 Å². The summed E-state index contributed by atoms with van der Waals surface area (Å²) < 4.78 is 5.30. The van der Waals surface area contributed by atoms with Gasteiger partial charge in [-0.15, -0.1) is 0 Å². The molecule has 4 heteroatoms. The lowest BCUT2D eigenvalue weighted by Crippen LogP contribution is -2.22. The average molecular weight is 261 g/mol. The number of anilines is 1. The lowest BCUT2D eigenvalue weighted by atomic mass is 10.1. The Morgan fingerprint density at radius 3 is 2.79 bits per heavy atom. The highest BCUT2D eigenvalue weighted by Crippen LogP contribution is 2.17. The van der Waals surface area contributed by atoms with Crippen molar-refractivity contribution in [3.05, 3.63) is 54.1 Å². The normalized spacial score (nSPS) is 12.8. The van der Waals surface area contributed by atoms with Gasteiger partial charge >= 0.3 is 5.97 Å². The zero-order valence-corrected chi connectivity index (χ0v) is 11.2. The number of para-hydroxylation sites is 1. The van der Waals surface area contributed by atoms with Crippen LogP contribution in [0.4, 0.5) is 5.69 Å². The van der Waals surface area contributed by atoms with Crippen molar-refractivity contribution in [2.24, 2.45) is 0 Å². The van der Waals surface area contributed by atoms with E-state index in [-0.39, 0.29) is 11.8 Å². The van der Waals surface area contributed by atoms with E-state index in [1.165, 1.54) is 0 Å². The van der Waals surface area contributed by atoms with Gasteiger partial charge in [0.25, 0.3) is 0 Å². The summed E-state index contributed by atoms with van der Waals surface area (Å²) in [5, 5.41) is 12.2. The molecule has 0 aromatic heterocycles. The summed E-state index contributed by atoms with van der Waals surface area (Å²) in [7, 11) is 1.58. The Balaban J connectivity index is 2.81. The molecule has 0 aliphatic rings. The van der Waals surface area contributed by atoms with Gasteiger partial charge in [-0.25, -0.2) is 4.79 Å². The number of carboxylic acids is 1. The summed E-state index contributed by atoms with van der Waals surface area (Å²) in [6.45, 7) is 5.63. The Bertz CT molecular complexity index is 480. The number of aromatic carboxylic acids is 1. The third-order valence-corrected chi connectivity index (χ3v) is 2.73. The maximum absolute atomic E-state index is 11.1. The third-order valence-electron chi connectivity index (χ3n) is 2.73. The minimum atomic E-state index is -0.962. The van der Waals surface area contributed by atoms with Crippen LogP contribution in [0.15, 0.2) is 48.6 Å². The molecule has 1 aromatic carbocycles. The quantitative estimate of drug-likeness (QED) is 0.584. The SMILES string of the molecule is C=C/C(C)=C\CC(Nc1ccccc1C(=O)O)OC. The van der Waals surface area contributed by atoms with Crippen molar-refractivity contribution in [1.82, 2.24) is 0 Å². The molecule has 0 saturated heterocycles. The maximum atomic E-state index is 11.1. The molecule has 1 rings (SSSR count). The van der Waals surface area contributed by atoms with Crippen molar-refractivity contribution in [3.63, 3.8) is 0 Å². The van der Waals surface area contributed by atoms with Gasteiger partial charge in [0.05, 0.1) is 11.3 Å². The van der Waals surface area contributed by atoms with E-state index in [2.05, 4.69) is 11.9 Å². The van der Waals surface area contributed by atoms with Crippen LogP contribution < -0.4 is 5.32 Å². The first-order chi connectivity index (χ1) is 9.08. The van der Waals surface area contributed by atoms with E-state index in [1.807, 2.05) is 13.0 Å². The molecule has 0 fully saturated rings. The van der Waals surface area contributed by atoms with Gasteiger partial charge in [-0.2, -0.15) is 0 Å². The fourth-order valence-corrected chi connectivity index (χ4v) is 1.56. The lowest BCUT2D eigenvalue weighted by Gasteiger charge is -2.18. The van der Waals surface area contributed by atoms with Crippen LogP contribution in [0.3, 0.4) is 0 Å². The summed E-state index contributed by atoms with van der Waals surface area (Å²) in [5.74, 6) is -0.962. The molecule has 4 nitrogen and oxygen atoms in total. The number of nitrogens with one attached hydrogen (secondary N) is 1. The van der Waals surface area contributed by atoms with E-state index in [1.54, 1.807) is 37.5 Å². The average Bonchev–Trinajstić information content (AvgIpc) is 2.43. The molecule has 0 spiro atoms. The maximum Gasteiger partial charge on any atom is 0.337 e. The fraction of sp³-hybridized carbons (Fsp3) is 0.267. The first kappa shape index (κ1) is 15.0. The predicted molar refractivity (Wildman–Crippen MR) is 76.4 cm³/mol. The van der Waals surface area contributed by atoms with Crippen molar-refractivity contribution in [1.29, 1.82) is 0 Å². The van der Waals surface area contributed by atoms with Crippen LogP contribution in [0.1, 0.15) is 23.7 Å². The summed E-state index contributed by atoms with van der Waals surface area (Å²) >= 11 is 0. The lowest BCUT2D eigenvalue weighted by molar-refractivity contribution is 0.0697. The second-order valence-corrected chi connectivity index (χ2v) is 4.11. The van der Waals surface area contributed by atoms with E-state index >= 15 is 0 Å². The number of hydrogen-bond donors (Lipinski definition) is 2. The molecule has 102 valence electrons. The molecule has 1 atom stereocenters. The van der Waals surface area contributed by atoms with Gasteiger partial charge in [0.1, 0.15) is 6.23 Å². The smallest absolute Gasteiger partial charge is 0.337 e. The zero-order chi connectivity index (χ0) is 14.3. The Hall–Kier alpha value is -2.07. The van der Waals surface area contributed by atoms with Crippen molar-refractivity contribution in [2.75, 3.05) is 12.4 Å². The number of carbonyl (C=O) groups is 1. The molecule has 0 radical (unpaired) electrons. The predicted octanol–water partition coefficient (Wildman–Crippen LogP) is 3.29. The van der Waals surface area contributed by atoms with Gasteiger partial charge in [0.15, 0.2) is 0 Å². The van der Waals surface area contributed by atoms with Gasteiger partial charge in [-0.1, -0.05) is 36.4 Å². The first-order valence-electron chi connectivity index (χ1n) is 5.99. The minimum Gasteiger partial charge on any atom is -0.478 e. The molecule has 0 aliphatic carbocycles. The topological polar surface area (TPSA) is 58.6 Å². The van der Waals surface area contributed by atoms with E-state index in [0.29, 0.717) is 12.1 Å². The second-order valence-electron chi connectivity index (χ2n) is 4.11. The van der Waals surface area contributed by atoms with Crippen LogP contribution in [-0.2, 0) is 4.74 Å². The Morgan fingerprint density at radius 1 is 1.53 bits per heavy atom.